The molecule has 0 aromatic rings. The molecule has 0 aromatic carbocycles. The Morgan fingerprint density at radius 2 is 1.82 bits per heavy atom. The Balaban J connectivity index is 2.79. The Hall–Kier alpha value is -0.620. The number of hydrogen-bond donors (Lipinski definition) is 0. The lowest BCUT2D eigenvalue weighted by atomic mass is 9.84. The highest BCUT2D eigenvalue weighted by Gasteiger charge is 2.45. The molecule has 98 valence electrons. The van der Waals surface area contributed by atoms with Gasteiger partial charge in [0.25, 0.3) is 0 Å². The molecule has 0 aliphatic carbocycles. The maximum Gasteiger partial charge on any atom is 0.335 e. The molecular formula is C11H17BrO5. The molecule has 0 amide bonds. The van der Waals surface area contributed by atoms with Crippen molar-refractivity contribution in [1.29, 1.82) is 0 Å². The lowest BCUT2D eigenvalue weighted by Gasteiger charge is -2.40. The number of carbonyl (C=O) groups excluding carboxylic acids is 2. The summed E-state index contributed by atoms with van der Waals surface area (Å²) in [7, 11) is 1.32. The van der Waals surface area contributed by atoms with E-state index in [1.165, 1.54) is 14.0 Å². The van der Waals surface area contributed by atoms with E-state index in [0.717, 1.165) is 0 Å². The van der Waals surface area contributed by atoms with Gasteiger partial charge < -0.3 is 14.2 Å². The van der Waals surface area contributed by atoms with E-state index in [4.69, 9.17) is 9.47 Å². The second-order valence-corrected chi connectivity index (χ2v) is 5.13. The van der Waals surface area contributed by atoms with Gasteiger partial charge in [-0.1, -0.05) is 29.8 Å². The van der Waals surface area contributed by atoms with Gasteiger partial charge in [-0.2, -0.15) is 0 Å². The van der Waals surface area contributed by atoms with Crippen LogP contribution in [0.4, 0.5) is 0 Å². The molecule has 0 N–H and O–H groups in total. The first-order valence-corrected chi connectivity index (χ1v) is 6.34. The SMILES string of the molecule is COC(=O)[C@H]1OC(Br)[C@H](OC(C)=O)[C@@H](C)[C@@H]1C. The van der Waals surface area contributed by atoms with Crippen molar-refractivity contribution in [2.75, 3.05) is 7.11 Å². The highest BCUT2D eigenvalue weighted by Crippen LogP contribution is 2.35. The molecule has 5 nitrogen and oxygen atoms in total. The Labute approximate surface area is 109 Å². The smallest absolute Gasteiger partial charge is 0.335 e. The number of esters is 2. The van der Waals surface area contributed by atoms with Crippen molar-refractivity contribution in [3.05, 3.63) is 0 Å². The van der Waals surface area contributed by atoms with Gasteiger partial charge in [-0.25, -0.2) is 4.79 Å². The minimum atomic E-state index is -0.633. The highest BCUT2D eigenvalue weighted by molar-refractivity contribution is 9.09. The minimum absolute atomic E-state index is 0.00104. The molecule has 17 heavy (non-hydrogen) atoms. The van der Waals surface area contributed by atoms with Crippen molar-refractivity contribution in [2.45, 2.75) is 38.0 Å². The summed E-state index contributed by atoms with van der Waals surface area (Å²) in [6.07, 6.45) is -1.03. The largest absolute Gasteiger partial charge is 0.467 e. The van der Waals surface area contributed by atoms with Crippen molar-refractivity contribution >= 4 is 27.9 Å². The van der Waals surface area contributed by atoms with E-state index in [9.17, 15) is 9.59 Å². The Morgan fingerprint density at radius 3 is 2.29 bits per heavy atom. The molecule has 0 saturated carbocycles. The van der Waals surface area contributed by atoms with Crippen LogP contribution in [0.1, 0.15) is 20.8 Å². The van der Waals surface area contributed by atoms with Gasteiger partial charge in [0, 0.05) is 12.8 Å². The number of hydrogen-bond acceptors (Lipinski definition) is 5. The predicted octanol–water partition coefficient (Wildman–Crippen LogP) is 1.48. The lowest BCUT2D eigenvalue weighted by molar-refractivity contribution is -0.189. The van der Waals surface area contributed by atoms with E-state index in [-0.39, 0.29) is 17.8 Å². The van der Waals surface area contributed by atoms with Crippen LogP contribution in [0.2, 0.25) is 0 Å². The fourth-order valence-electron chi connectivity index (χ4n) is 1.89. The van der Waals surface area contributed by atoms with E-state index in [1.54, 1.807) is 0 Å². The first kappa shape index (κ1) is 14.4. The molecule has 0 spiro atoms. The molecule has 0 radical (unpaired) electrons. The van der Waals surface area contributed by atoms with E-state index in [2.05, 4.69) is 20.7 Å². The molecule has 1 rings (SSSR count). The fraction of sp³-hybridized carbons (Fsp3) is 0.818. The third-order valence-electron chi connectivity index (χ3n) is 3.10. The maximum absolute atomic E-state index is 11.5. The monoisotopic (exact) mass is 308 g/mol. The van der Waals surface area contributed by atoms with Crippen LogP contribution in [0.15, 0.2) is 0 Å². The Bertz CT molecular complexity index is 306. The molecule has 0 aromatic heterocycles. The second kappa shape index (κ2) is 5.82. The summed E-state index contributed by atoms with van der Waals surface area (Å²) in [6, 6.07) is 0. The zero-order valence-electron chi connectivity index (χ0n) is 10.3. The van der Waals surface area contributed by atoms with Crippen molar-refractivity contribution < 1.29 is 23.8 Å². The minimum Gasteiger partial charge on any atom is -0.467 e. The Morgan fingerprint density at radius 1 is 1.24 bits per heavy atom. The summed E-state index contributed by atoms with van der Waals surface area (Å²) >= 11 is 3.28. The van der Waals surface area contributed by atoms with E-state index >= 15 is 0 Å². The Kier molecular flexibility index (Phi) is 4.94. The zero-order valence-corrected chi connectivity index (χ0v) is 11.9. The second-order valence-electron chi connectivity index (χ2n) is 4.22. The van der Waals surface area contributed by atoms with Crippen molar-refractivity contribution in [2.24, 2.45) is 11.8 Å². The average molecular weight is 309 g/mol. The first-order valence-electron chi connectivity index (χ1n) is 5.43. The molecule has 5 atom stereocenters. The summed E-state index contributed by atoms with van der Waals surface area (Å²) in [5, 5.41) is -0.498. The van der Waals surface area contributed by atoms with Crippen LogP contribution in [0.25, 0.3) is 0 Å². The molecule has 1 saturated heterocycles. The summed E-state index contributed by atoms with van der Waals surface area (Å²) in [5.41, 5.74) is 0. The average Bonchev–Trinajstić information content (AvgIpc) is 2.28. The van der Waals surface area contributed by atoms with Gasteiger partial charge in [0.15, 0.2) is 11.1 Å². The molecule has 1 unspecified atom stereocenters. The molecule has 6 heteroatoms. The number of methoxy groups -OCH3 is 1. The normalized spacial score (nSPS) is 37.4. The van der Waals surface area contributed by atoms with Crippen LogP contribution < -0.4 is 0 Å². The van der Waals surface area contributed by atoms with Crippen LogP contribution in [-0.2, 0) is 23.8 Å². The lowest BCUT2D eigenvalue weighted by Crippen LogP contribution is -2.51. The quantitative estimate of drug-likeness (QED) is 0.571. The van der Waals surface area contributed by atoms with Gasteiger partial charge in [0.2, 0.25) is 0 Å². The number of rotatable bonds is 2. The molecule has 1 heterocycles. The maximum atomic E-state index is 11.5. The number of ether oxygens (including phenoxy) is 3. The number of halogens is 1. The standard InChI is InChI=1S/C11H17BrO5/c1-5-6(2)9(11(14)15-4)17-10(12)8(5)16-7(3)13/h5-6,8-10H,1-4H3/t5-,6-,8+,9-,10?/m0/s1. The van der Waals surface area contributed by atoms with Gasteiger partial charge in [-0.05, 0) is 5.92 Å². The summed E-state index contributed by atoms with van der Waals surface area (Å²) in [5.74, 6) is -0.851. The van der Waals surface area contributed by atoms with Gasteiger partial charge >= 0.3 is 11.9 Å². The highest BCUT2D eigenvalue weighted by atomic mass is 79.9. The van der Waals surface area contributed by atoms with Crippen LogP contribution in [0.5, 0.6) is 0 Å². The van der Waals surface area contributed by atoms with Crippen molar-refractivity contribution in [3.8, 4) is 0 Å². The number of carbonyl (C=O) groups is 2. The molecule has 1 aliphatic rings. The van der Waals surface area contributed by atoms with Gasteiger partial charge in [-0.3, -0.25) is 4.79 Å². The molecule has 1 aliphatic heterocycles. The van der Waals surface area contributed by atoms with Crippen molar-refractivity contribution in [3.63, 3.8) is 0 Å². The first-order chi connectivity index (χ1) is 7.88. The topological polar surface area (TPSA) is 61.8 Å². The van der Waals surface area contributed by atoms with Crippen LogP contribution in [0.3, 0.4) is 0 Å². The summed E-state index contributed by atoms with van der Waals surface area (Å²) in [6.45, 7) is 5.15. The van der Waals surface area contributed by atoms with E-state index in [1.807, 2.05) is 13.8 Å². The van der Waals surface area contributed by atoms with Gasteiger partial charge in [0.05, 0.1) is 7.11 Å². The third-order valence-corrected chi connectivity index (χ3v) is 3.83. The van der Waals surface area contributed by atoms with Crippen molar-refractivity contribution in [1.82, 2.24) is 0 Å². The van der Waals surface area contributed by atoms with Crippen LogP contribution in [-0.4, -0.2) is 36.3 Å². The van der Waals surface area contributed by atoms with Gasteiger partial charge in [0.1, 0.15) is 6.10 Å². The van der Waals surface area contributed by atoms with Crippen LogP contribution >= 0.6 is 15.9 Å². The number of alkyl halides is 1. The molecule has 1 fully saturated rings. The zero-order chi connectivity index (χ0) is 13.2. The van der Waals surface area contributed by atoms with Gasteiger partial charge in [-0.15, -0.1) is 0 Å². The molecular weight excluding hydrogens is 292 g/mol. The summed E-state index contributed by atoms with van der Waals surface area (Å²) < 4.78 is 15.4. The van der Waals surface area contributed by atoms with Crippen LogP contribution in [0, 0.1) is 11.8 Å². The van der Waals surface area contributed by atoms with E-state index < -0.39 is 23.2 Å². The van der Waals surface area contributed by atoms with E-state index in [0.29, 0.717) is 0 Å². The molecule has 0 bridgehead atoms. The third kappa shape index (κ3) is 3.19. The summed E-state index contributed by atoms with van der Waals surface area (Å²) in [4.78, 5) is 22.5. The fourth-order valence-corrected chi connectivity index (χ4v) is 2.72. The predicted molar refractivity (Wildman–Crippen MR) is 63.5 cm³/mol.